The van der Waals surface area contributed by atoms with E-state index in [0.29, 0.717) is 19.7 Å². The molecule has 0 radical (unpaired) electrons. The van der Waals surface area contributed by atoms with Gasteiger partial charge in [0, 0.05) is 45.2 Å². The van der Waals surface area contributed by atoms with E-state index in [1.54, 1.807) is 25.6 Å². The Morgan fingerprint density at radius 2 is 2.13 bits per heavy atom. The standard InChI is InChI=1S/C14H23N5O2.2ClH/c1-21-9-7-15-10-13(20)18-12-4-2-8-19(11-12)14-16-5-3-6-17-14;;/h3,5-6,12,15H,2,4,7-11H2,1H3,(H,18,20);2*1H. The predicted octanol–water partition coefficient (Wildman–Crippen LogP) is 0.641. The largest absolute Gasteiger partial charge is 0.383 e. The van der Waals surface area contributed by atoms with Crippen molar-refractivity contribution in [3.63, 3.8) is 0 Å². The summed E-state index contributed by atoms with van der Waals surface area (Å²) >= 11 is 0. The van der Waals surface area contributed by atoms with Crippen LogP contribution in [0.15, 0.2) is 18.5 Å². The molecule has 1 aliphatic heterocycles. The monoisotopic (exact) mass is 365 g/mol. The van der Waals surface area contributed by atoms with Gasteiger partial charge in [-0.15, -0.1) is 24.8 Å². The molecule has 1 amide bonds. The Labute approximate surface area is 149 Å². The average molecular weight is 366 g/mol. The van der Waals surface area contributed by atoms with E-state index < -0.39 is 0 Å². The van der Waals surface area contributed by atoms with Crippen molar-refractivity contribution in [2.24, 2.45) is 0 Å². The van der Waals surface area contributed by atoms with Crippen molar-refractivity contribution in [2.75, 3.05) is 44.8 Å². The number of halogens is 2. The number of hydrogen-bond donors (Lipinski definition) is 2. The number of methoxy groups -OCH3 is 1. The van der Waals surface area contributed by atoms with Crippen LogP contribution in [-0.2, 0) is 9.53 Å². The first-order chi connectivity index (χ1) is 10.3. The molecule has 0 aromatic carbocycles. The number of amides is 1. The lowest BCUT2D eigenvalue weighted by molar-refractivity contribution is -0.121. The molecule has 0 bridgehead atoms. The van der Waals surface area contributed by atoms with Crippen LogP contribution in [0.3, 0.4) is 0 Å². The summed E-state index contributed by atoms with van der Waals surface area (Å²) in [5, 5.41) is 6.10. The molecule has 9 heteroatoms. The van der Waals surface area contributed by atoms with Gasteiger partial charge in [0.15, 0.2) is 0 Å². The van der Waals surface area contributed by atoms with Gasteiger partial charge in [-0.25, -0.2) is 9.97 Å². The summed E-state index contributed by atoms with van der Waals surface area (Å²) in [5.41, 5.74) is 0. The van der Waals surface area contributed by atoms with Crippen LogP contribution in [0, 0.1) is 0 Å². The third-order valence-corrected chi connectivity index (χ3v) is 3.39. The number of carbonyl (C=O) groups is 1. The highest BCUT2D eigenvalue weighted by atomic mass is 35.5. The number of hydrogen-bond acceptors (Lipinski definition) is 6. The molecule has 1 aliphatic rings. The summed E-state index contributed by atoms with van der Waals surface area (Å²) in [6.45, 7) is 3.30. The maximum Gasteiger partial charge on any atom is 0.234 e. The highest BCUT2D eigenvalue weighted by molar-refractivity contribution is 5.85. The molecule has 1 fully saturated rings. The van der Waals surface area contributed by atoms with Crippen LogP contribution < -0.4 is 15.5 Å². The van der Waals surface area contributed by atoms with Gasteiger partial charge < -0.3 is 20.3 Å². The Balaban J connectivity index is 0.00000242. The molecule has 1 saturated heterocycles. The molecule has 1 aromatic heterocycles. The van der Waals surface area contributed by atoms with E-state index >= 15 is 0 Å². The summed E-state index contributed by atoms with van der Waals surface area (Å²) in [6.07, 6.45) is 5.50. The number of ether oxygens (including phenoxy) is 1. The lowest BCUT2D eigenvalue weighted by atomic mass is 10.1. The zero-order valence-electron chi connectivity index (χ0n) is 13.2. The van der Waals surface area contributed by atoms with Crippen LogP contribution in [0.2, 0.25) is 0 Å². The molecule has 2 rings (SSSR count). The fourth-order valence-corrected chi connectivity index (χ4v) is 2.39. The Kier molecular flexibility index (Phi) is 11.7. The van der Waals surface area contributed by atoms with Gasteiger partial charge in [0.25, 0.3) is 0 Å². The van der Waals surface area contributed by atoms with E-state index in [0.717, 1.165) is 31.9 Å². The van der Waals surface area contributed by atoms with Crippen molar-refractivity contribution in [1.82, 2.24) is 20.6 Å². The first-order valence-corrected chi connectivity index (χ1v) is 7.30. The zero-order valence-corrected chi connectivity index (χ0v) is 14.9. The summed E-state index contributed by atoms with van der Waals surface area (Å²) in [7, 11) is 1.64. The molecule has 7 nitrogen and oxygen atoms in total. The first kappa shape index (κ1) is 21.9. The summed E-state index contributed by atoms with van der Waals surface area (Å²) in [4.78, 5) is 22.5. The van der Waals surface area contributed by atoms with Crippen molar-refractivity contribution < 1.29 is 9.53 Å². The topological polar surface area (TPSA) is 79.4 Å². The minimum absolute atomic E-state index is 0. The van der Waals surface area contributed by atoms with Crippen molar-refractivity contribution in [2.45, 2.75) is 18.9 Å². The van der Waals surface area contributed by atoms with Gasteiger partial charge in [0.2, 0.25) is 11.9 Å². The number of carbonyl (C=O) groups excluding carboxylic acids is 1. The second kappa shape index (κ2) is 12.3. The molecular formula is C14H25Cl2N5O2. The van der Waals surface area contributed by atoms with E-state index in [-0.39, 0.29) is 36.8 Å². The summed E-state index contributed by atoms with van der Waals surface area (Å²) in [6, 6.07) is 1.96. The van der Waals surface area contributed by atoms with Gasteiger partial charge in [-0.05, 0) is 18.9 Å². The molecule has 1 atom stereocenters. The van der Waals surface area contributed by atoms with Gasteiger partial charge in [0.05, 0.1) is 13.2 Å². The Bertz CT molecular complexity index is 438. The SMILES string of the molecule is COCCNCC(=O)NC1CCCN(c2ncccn2)C1.Cl.Cl. The molecule has 0 saturated carbocycles. The van der Waals surface area contributed by atoms with Gasteiger partial charge in [-0.1, -0.05) is 0 Å². The van der Waals surface area contributed by atoms with Gasteiger partial charge >= 0.3 is 0 Å². The normalized spacial score (nSPS) is 16.9. The number of nitrogens with one attached hydrogen (secondary N) is 2. The van der Waals surface area contributed by atoms with Crippen LogP contribution in [0.1, 0.15) is 12.8 Å². The predicted molar refractivity (Wildman–Crippen MR) is 94.7 cm³/mol. The van der Waals surface area contributed by atoms with Crippen molar-refractivity contribution in [3.8, 4) is 0 Å². The van der Waals surface area contributed by atoms with E-state index in [4.69, 9.17) is 4.74 Å². The number of anilines is 1. The third-order valence-electron chi connectivity index (χ3n) is 3.39. The van der Waals surface area contributed by atoms with E-state index in [9.17, 15) is 4.79 Å². The van der Waals surface area contributed by atoms with Crippen molar-refractivity contribution in [3.05, 3.63) is 18.5 Å². The van der Waals surface area contributed by atoms with Crippen LogP contribution in [0.4, 0.5) is 5.95 Å². The van der Waals surface area contributed by atoms with E-state index in [1.807, 2.05) is 0 Å². The molecule has 1 aromatic rings. The molecule has 0 spiro atoms. The highest BCUT2D eigenvalue weighted by Crippen LogP contribution is 2.14. The molecule has 0 aliphatic carbocycles. The quantitative estimate of drug-likeness (QED) is 0.690. The number of piperidine rings is 1. The lowest BCUT2D eigenvalue weighted by Crippen LogP contribution is -2.50. The first-order valence-electron chi connectivity index (χ1n) is 7.30. The van der Waals surface area contributed by atoms with Gasteiger partial charge in [0.1, 0.15) is 0 Å². The molecule has 23 heavy (non-hydrogen) atoms. The Morgan fingerprint density at radius 1 is 1.39 bits per heavy atom. The molecular weight excluding hydrogens is 341 g/mol. The minimum Gasteiger partial charge on any atom is -0.383 e. The maximum atomic E-state index is 11.9. The molecule has 1 unspecified atom stereocenters. The Hall–Kier alpha value is -1.15. The van der Waals surface area contributed by atoms with Gasteiger partial charge in [-0.3, -0.25) is 4.79 Å². The smallest absolute Gasteiger partial charge is 0.234 e. The molecule has 132 valence electrons. The Morgan fingerprint density at radius 3 is 2.83 bits per heavy atom. The fraction of sp³-hybridized carbons (Fsp3) is 0.643. The van der Waals surface area contributed by atoms with Crippen LogP contribution in [0.5, 0.6) is 0 Å². The van der Waals surface area contributed by atoms with Gasteiger partial charge in [-0.2, -0.15) is 0 Å². The number of rotatable bonds is 7. The van der Waals surface area contributed by atoms with Crippen LogP contribution >= 0.6 is 24.8 Å². The zero-order chi connectivity index (χ0) is 14.9. The van der Waals surface area contributed by atoms with Crippen molar-refractivity contribution in [1.29, 1.82) is 0 Å². The molecule has 2 heterocycles. The van der Waals surface area contributed by atoms with E-state index in [1.165, 1.54) is 0 Å². The fourth-order valence-electron chi connectivity index (χ4n) is 2.39. The summed E-state index contributed by atoms with van der Waals surface area (Å²) in [5.74, 6) is 0.751. The van der Waals surface area contributed by atoms with E-state index in [2.05, 4.69) is 25.5 Å². The van der Waals surface area contributed by atoms with Crippen molar-refractivity contribution >= 4 is 36.7 Å². The minimum atomic E-state index is 0. The molecule has 2 N–H and O–H groups in total. The van der Waals surface area contributed by atoms with Crippen LogP contribution in [-0.4, -0.2) is 61.8 Å². The average Bonchev–Trinajstić information content (AvgIpc) is 2.53. The lowest BCUT2D eigenvalue weighted by Gasteiger charge is -2.33. The summed E-state index contributed by atoms with van der Waals surface area (Å²) < 4.78 is 4.92. The second-order valence-corrected chi connectivity index (χ2v) is 5.07. The highest BCUT2D eigenvalue weighted by Gasteiger charge is 2.22. The number of aromatic nitrogens is 2. The van der Waals surface area contributed by atoms with Crippen LogP contribution in [0.25, 0.3) is 0 Å². The number of nitrogens with zero attached hydrogens (tertiary/aromatic N) is 3. The second-order valence-electron chi connectivity index (χ2n) is 5.07. The maximum absolute atomic E-state index is 11.9. The third kappa shape index (κ3) is 7.78.